The van der Waals surface area contributed by atoms with Crippen LogP contribution >= 0.6 is 0 Å². The predicted molar refractivity (Wildman–Crippen MR) is 126 cm³/mol. The molecule has 5 rings (SSSR count). The first-order chi connectivity index (χ1) is 17.0. The quantitative estimate of drug-likeness (QED) is 0.436. The number of amides is 2. The topological polar surface area (TPSA) is 80.4 Å². The number of benzene rings is 2. The molecule has 1 aliphatic heterocycles. The van der Waals surface area contributed by atoms with Crippen LogP contribution in [-0.4, -0.2) is 21.6 Å². The molecule has 2 amide bonds. The predicted octanol–water partition coefficient (Wildman–Crippen LogP) is 4.65. The molecule has 7 nitrogen and oxygen atoms in total. The Balaban J connectivity index is 1.40. The SMILES string of the molecule is Cc1nn(C)c(CN2C(=O)C(C)(C)c3ccc(C(=O)NCc4cc5cc(F)c(F)cc5o4)cc32)c1F. The third-order valence-electron chi connectivity index (χ3n) is 6.61. The van der Waals surface area contributed by atoms with Gasteiger partial charge in [-0.2, -0.15) is 5.10 Å². The van der Waals surface area contributed by atoms with Gasteiger partial charge in [0.1, 0.15) is 11.3 Å². The van der Waals surface area contributed by atoms with Crippen LogP contribution in [0.5, 0.6) is 0 Å². The highest BCUT2D eigenvalue weighted by Crippen LogP contribution is 2.43. The van der Waals surface area contributed by atoms with Gasteiger partial charge in [0, 0.05) is 29.8 Å². The Hall–Kier alpha value is -4.08. The van der Waals surface area contributed by atoms with E-state index in [4.69, 9.17) is 4.42 Å². The fraction of sp³-hybridized carbons (Fsp3) is 0.269. The zero-order chi connectivity index (χ0) is 25.9. The molecular formula is C26H23F3N4O3. The van der Waals surface area contributed by atoms with Crippen molar-refractivity contribution in [3.05, 3.63) is 82.1 Å². The number of anilines is 1. The summed E-state index contributed by atoms with van der Waals surface area (Å²) in [6.45, 7) is 5.08. The first-order valence-electron chi connectivity index (χ1n) is 11.3. The van der Waals surface area contributed by atoms with Crippen molar-refractivity contribution in [3.63, 3.8) is 0 Å². The summed E-state index contributed by atoms with van der Waals surface area (Å²) in [5, 5.41) is 7.18. The molecule has 0 saturated heterocycles. The van der Waals surface area contributed by atoms with Crippen molar-refractivity contribution in [1.82, 2.24) is 15.1 Å². The van der Waals surface area contributed by atoms with Crippen molar-refractivity contribution in [1.29, 1.82) is 0 Å². The molecule has 10 heteroatoms. The number of aromatic nitrogens is 2. The highest BCUT2D eigenvalue weighted by atomic mass is 19.2. The summed E-state index contributed by atoms with van der Waals surface area (Å²) in [7, 11) is 1.61. The zero-order valence-electron chi connectivity index (χ0n) is 20.1. The number of carbonyl (C=O) groups excluding carboxylic acids is 2. The summed E-state index contributed by atoms with van der Waals surface area (Å²) in [6, 6.07) is 8.44. The van der Waals surface area contributed by atoms with Crippen molar-refractivity contribution in [2.75, 3.05) is 4.90 Å². The van der Waals surface area contributed by atoms with Gasteiger partial charge in [0.05, 0.1) is 29.9 Å². The van der Waals surface area contributed by atoms with Crippen molar-refractivity contribution in [2.45, 2.75) is 39.3 Å². The minimum atomic E-state index is -1.02. The van der Waals surface area contributed by atoms with E-state index < -0.39 is 28.8 Å². The van der Waals surface area contributed by atoms with E-state index in [0.717, 1.165) is 17.7 Å². The zero-order valence-corrected chi connectivity index (χ0v) is 20.1. The molecule has 3 heterocycles. The lowest BCUT2D eigenvalue weighted by Crippen LogP contribution is -2.36. The van der Waals surface area contributed by atoms with Crippen LogP contribution in [0.1, 0.15) is 46.9 Å². The monoisotopic (exact) mass is 496 g/mol. The summed E-state index contributed by atoms with van der Waals surface area (Å²) >= 11 is 0. The number of hydrogen-bond acceptors (Lipinski definition) is 4. The average molecular weight is 496 g/mol. The summed E-state index contributed by atoms with van der Waals surface area (Å²) < 4.78 is 48.4. The fourth-order valence-corrected chi connectivity index (χ4v) is 4.59. The van der Waals surface area contributed by atoms with E-state index in [-0.39, 0.29) is 36.0 Å². The summed E-state index contributed by atoms with van der Waals surface area (Å²) in [6.07, 6.45) is 0. The van der Waals surface area contributed by atoms with Gasteiger partial charge >= 0.3 is 0 Å². The molecule has 0 fully saturated rings. The van der Waals surface area contributed by atoms with Crippen molar-refractivity contribution in [2.24, 2.45) is 7.05 Å². The van der Waals surface area contributed by atoms with Crippen LogP contribution in [0.25, 0.3) is 11.0 Å². The lowest BCUT2D eigenvalue weighted by molar-refractivity contribution is -0.122. The van der Waals surface area contributed by atoms with Gasteiger partial charge < -0.3 is 14.6 Å². The van der Waals surface area contributed by atoms with Gasteiger partial charge in [-0.25, -0.2) is 13.2 Å². The second kappa shape index (κ2) is 8.25. The molecule has 36 heavy (non-hydrogen) atoms. The molecule has 0 saturated carbocycles. The molecular weight excluding hydrogens is 473 g/mol. The van der Waals surface area contributed by atoms with Crippen molar-refractivity contribution < 1.29 is 27.2 Å². The van der Waals surface area contributed by atoms with E-state index >= 15 is 0 Å². The molecule has 1 aliphatic rings. The lowest BCUT2D eigenvalue weighted by atomic mass is 9.86. The third kappa shape index (κ3) is 3.73. The van der Waals surface area contributed by atoms with Gasteiger partial charge in [0.15, 0.2) is 17.5 Å². The van der Waals surface area contributed by atoms with Crippen LogP contribution in [0.3, 0.4) is 0 Å². The number of aryl methyl sites for hydroxylation is 2. The molecule has 1 N–H and O–H groups in total. The third-order valence-corrected chi connectivity index (χ3v) is 6.61. The Labute approximate surface area is 204 Å². The number of rotatable bonds is 5. The van der Waals surface area contributed by atoms with Gasteiger partial charge in [-0.3, -0.25) is 14.3 Å². The standard InChI is InChI=1S/C26H23F3N4O3/c1-13-23(29)21(32(4)31-13)12-33-20-9-14(5-6-17(20)26(2,3)25(33)35)24(34)30-11-16-7-15-8-18(27)19(28)10-22(15)36-16/h5-10H,11-12H2,1-4H3,(H,30,34). The van der Waals surface area contributed by atoms with E-state index in [2.05, 4.69) is 10.4 Å². The van der Waals surface area contributed by atoms with E-state index in [1.807, 2.05) is 0 Å². The van der Waals surface area contributed by atoms with Crippen LogP contribution in [0.4, 0.5) is 18.9 Å². The van der Waals surface area contributed by atoms with Gasteiger partial charge in [-0.15, -0.1) is 0 Å². The van der Waals surface area contributed by atoms with Crippen LogP contribution < -0.4 is 10.2 Å². The Morgan fingerprint density at radius 2 is 1.83 bits per heavy atom. The van der Waals surface area contributed by atoms with Crippen molar-refractivity contribution in [3.8, 4) is 0 Å². The number of carbonyl (C=O) groups is 2. The smallest absolute Gasteiger partial charge is 0.251 e. The molecule has 2 aromatic carbocycles. The number of halogens is 3. The Kier molecular flexibility index (Phi) is 5.42. The second-order valence-electron chi connectivity index (χ2n) is 9.42. The summed E-state index contributed by atoms with van der Waals surface area (Å²) in [5.74, 6) is -2.81. The molecule has 0 unspecified atom stereocenters. The normalized spacial score (nSPS) is 14.5. The molecule has 4 aromatic rings. The number of furan rings is 1. The molecule has 2 aromatic heterocycles. The fourth-order valence-electron chi connectivity index (χ4n) is 4.59. The Morgan fingerprint density at radius 3 is 2.53 bits per heavy atom. The van der Waals surface area contributed by atoms with Gasteiger partial charge in [0.2, 0.25) is 5.91 Å². The summed E-state index contributed by atoms with van der Waals surface area (Å²) in [5.41, 5.74) is 1.35. The first kappa shape index (κ1) is 23.7. The van der Waals surface area contributed by atoms with E-state index in [0.29, 0.717) is 22.4 Å². The second-order valence-corrected chi connectivity index (χ2v) is 9.42. The van der Waals surface area contributed by atoms with Gasteiger partial charge in [-0.1, -0.05) is 6.07 Å². The molecule has 0 spiro atoms. The van der Waals surface area contributed by atoms with Crippen LogP contribution in [0.2, 0.25) is 0 Å². The number of fused-ring (bicyclic) bond motifs is 2. The minimum Gasteiger partial charge on any atom is -0.459 e. The lowest BCUT2D eigenvalue weighted by Gasteiger charge is -2.20. The maximum absolute atomic E-state index is 14.6. The van der Waals surface area contributed by atoms with Gasteiger partial charge in [-0.05, 0) is 50.6 Å². The maximum atomic E-state index is 14.6. The van der Waals surface area contributed by atoms with E-state index in [1.165, 1.54) is 15.6 Å². The number of nitrogens with zero attached hydrogens (tertiary/aromatic N) is 3. The van der Waals surface area contributed by atoms with Crippen LogP contribution in [-0.2, 0) is 30.3 Å². The molecule has 186 valence electrons. The van der Waals surface area contributed by atoms with Crippen molar-refractivity contribution >= 4 is 28.5 Å². The average Bonchev–Trinajstić information content (AvgIpc) is 3.39. The largest absolute Gasteiger partial charge is 0.459 e. The molecule has 0 atom stereocenters. The van der Waals surface area contributed by atoms with Crippen LogP contribution in [0.15, 0.2) is 40.8 Å². The van der Waals surface area contributed by atoms with Gasteiger partial charge in [0.25, 0.3) is 5.91 Å². The first-order valence-corrected chi connectivity index (χ1v) is 11.3. The van der Waals surface area contributed by atoms with E-state index in [9.17, 15) is 22.8 Å². The summed E-state index contributed by atoms with van der Waals surface area (Å²) in [4.78, 5) is 27.6. The minimum absolute atomic E-state index is 0.0124. The number of nitrogens with one attached hydrogen (secondary N) is 1. The van der Waals surface area contributed by atoms with E-state index in [1.54, 1.807) is 46.0 Å². The highest BCUT2D eigenvalue weighted by molar-refractivity contribution is 6.08. The van der Waals surface area contributed by atoms with Crippen LogP contribution in [0, 0.1) is 24.4 Å². The molecule has 0 bridgehead atoms. The highest BCUT2D eigenvalue weighted by Gasteiger charge is 2.44. The Morgan fingerprint density at radius 1 is 1.11 bits per heavy atom. The molecule has 0 radical (unpaired) electrons. The number of hydrogen-bond donors (Lipinski definition) is 1. The Bertz CT molecular complexity index is 1510. The molecule has 0 aliphatic carbocycles. The maximum Gasteiger partial charge on any atom is 0.251 e.